The van der Waals surface area contributed by atoms with Crippen molar-refractivity contribution in [2.45, 2.75) is 32.3 Å². The Morgan fingerprint density at radius 1 is 1.38 bits per heavy atom. The van der Waals surface area contributed by atoms with E-state index >= 15 is 0 Å². The Balaban J connectivity index is 1.94. The Hall–Kier alpha value is -1.66. The smallest absolute Gasteiger partial charge is 0.258 e. The van der Waals surface area contributed by atoms with E-state index in [-0.39, 0.29) is 24.8 Å². The molecule has 1 atom stereocenters. The highest BCUT2D eigenvalue weighted by Gasteiger charge is 2.33. The maximum absolute atomic E-state index is 12.7. The van der Waals surface area contributed by atoms with Crippen molar-refractivity contribution in [3.05, 3.63) is 22.6 Å². The van der Waals surface area contributed by atoms with E-state index in [9.17, 15) is 14.7 Å². The number of furan rings is 1. The molecule has 21 heavy (non-hydrogen) atoms. The van der Waals surface area contributed by atoms with Gasteiger partial charge in [0.05, 0.1) is 30.4 Å². The van der Waals surface area contributed by atoms with Crippen LogP contribution in [-0.2, 0) is 11.2 Å². The third-order valence-corrected chi connectivity index (χ3v) is 3.99. The lowest BCUT2D eigenvalue weighted by Gasteiger charge is -2.22. The van der Waals surface area contributed by atoms with E-state index in [4.69, 9.17) is 9.15 Å². The minimum Gasteiger partial charge on any atom is -0.465 e. The van der Waals surface area contributed by atoms with Gasteiger partial charge in [-0.3, -0.25) is 9.59 Å². The molecule has 114 valence electrons. The third-order valence-electron chi connectivity index (χ3n) is 3.99. The summed E-state index contributed by atoms with van der Waals surface area (Å²) in [5, 5.41) is 9.76. The molecule has 1 aromatic rings. The van der Waals surface area contributed by atoms with E-state index in [2.05, 4.69) is 0 Å². The molecule has 1 aliphatic carbocycles. The quantitative estimate of drug-likeness (QED) is 0.833. The molecule has 6 heteroatoms. The number of fused-ring (bicyclic) bond motifs is 1. The summed E-state index contributed by atoms with van der Waals surface area (Å²) in [5.74, 6) is 0.832. The molecule has 1 aliphatic heterocycles. The fraction of sp³-hybridized carbons (Fsp3) is 0.600. The molecule has 1 saturated heterocycles. The van der Waals surface area contributed by atoms with E-state index in [0.29, 0.717) is 48.6 Å². The van der Waals surface area contributed by atoms with Crippen molar-refractivity contribution in [3.8, 4) is 0 Å². The number of nitrogens with zero attached hydrogens (tertiary/aromatic N) is 1. The summed E-state index contributed by atoms with van der Waals surface area (Å²) in [5.41, 5.74) is 0.812. The van der Waals surface area contributed by atoms with Crippen LogP contribution in [0.5, 0.6) is 0 Å². The van der Waals surface area contributed by atoms with Crippen molar-refractivity contribution in [1.29, 1.82) is 0 Å². The molecule has 0 saturated carbocycles. The Kier molecular flexibility index (Phi) is 3.82. The molecule has 0 radical (unpaired) electrons. The van der Waals surface area contributed by atoms with Gasteiger partial charge in [-0.25, -0.2) is 0 Å². The Morgan fingerprint density at radius 3 is 3.00 bits per heavy atom. The largest absolute Gasteiger partial charge is 0.465 e. The van der Waals surface area contributed by atoms with Crippen LogP contribution < -0.4 is 0 Å². The summed E-state index contributed by atoms with van der Waals surface area (Å²) >= 11 is 0. The molecule has 2 heterocycles. The molecular weight excluding hydrogens is 274 g/mol. The molecule has 1 aromatic heterocycles. The minimum absolute atomic E-state index is 0.0249. The normalized spacial score (nSPS) is 22.9. The van der Waals surface area contributed by atoms with Crippen molar-refractivity contribution >= 4 is 11.7 Å². The van der Waals surface area contributed by atoms with E-state index in [1.165, 1.54) is 4.90 Å². The monoisotopic (exact) mass is 293 g/mol. The first kappa shape index (κ1) is 14.3. The summed E-state index contributed by atoms with van der Waals surface area (Å²) in [6.07, 6.45) is 1.22. The van der Waals surface area contributed by atoms with Crippen LogP contribution in [0, 0.1) is 6.92 Å². The lowest BCUT2D eigenvalue weighted by molar-refractivity contribution is 0.0533. The number of ketones is 1. The van der Waals surface area contributed by atoms with E-state index in [1.54, 1.807) is 6.92 Å². The van der Waals surface area contributed by atoms with Gasteiger partial charge in [0.1, 0.15) is 11.5 Å². The standard InChI is InChI=1S/C15H19NO5/c1-9-13(14-11(18)3-2-4-12(14)21-9)15(19)16-5-6-20-8-10(17)7-16/h10,17H,2-8H2,1H3/t10-/m1/s1. The summed E-state index contributed by atoms with van der Waals surface area (Å²) in [7, 11) is 0. The number of ether oxygens (including phenoxy) is 1. The number of rotatable bonds is 1. The Bertz CT molecular complexity index is 577. The van der Waals surface area contributed by atoms with Crippen molar-refractivity contribution in [1.82, 2.24) is 4.90 Å². The number of aryl methyl sites for hydroxylation is 2. The van der Waals surface area contributed by atoms with Gasteiger partial charge in [-0.15, -0.1) is 0 Å². The fourth-order valence-electron chi connectivity index (χ4n) is 3.00. The van der Waals surface area contributed by atoms with Crippen LogP contribution in [0.25, 0.3) is 0 Å². The van der Waals surface area contributed by atoms with Crippen molar-refractivity contribution in [2.75, 3.05) is 26.3 Å². The molecule has 3 rings (SSSR count). The lowest BCUT2D eigenvalue weighted by Crippen LogP contribution is -2.38. The number of hydrogen-bond acceptors (Lipinski definition) is 5. The lowest BCUT2D eigenvalue weighted by atomic mass is 9.93. The van der Waals surface area contributed by atoms with Gasteiger partial charge in [-0.1, -0.05) is 0 Å². The Labute approximate surface area is 122 Å². The summed E-state index contributed by atoms with van der Waals surface area (Å²) < 4.78 is 10.8. The number of amides is 1. The highest BCUT2D eigenvalue weighted by atomic mass is 16.5. The van der Waals surface area contributed by atoms with Gasteiger partial charge in [-0.05, 0) is 13.3 Å². The third kappa shape index (κ3) is 2.61. The van der Waals surface area contributed by atoms with Crippen LogP contribution in [0.15, 0.2) is 4.42 Å². The molecule has 1 N–H and O–H groups in total. The summed E-state index contributed by atoms with van der Waals surface area (Å²) in [6.45, 7) is 2.94. The van der Waals surface area contributed by atoms with Gasteiger partial charge in [0.2, 0.25) is 0 Å². The molecule has 0 aromatic carbocycles. The number of carbonyl (C=O) groups excluding carboxylic acids is 2. The topological polar surface area (TPSA) is 80.0 Å². The average molecular weight is 293 g/mol. The van der Waals surface area contributed by atoms with Gasteiger partial charge in [-0.2, -0.15) is 0 Å². The number of aliphatic hydroxyl groups is 1. The molecule has 1 fully saturated rings. The molecular formula is C15H19NO5. The number of carbonyl (C=O) groups is 2. The van der Waals surface area contributed by atoms with Crippen molar-refractivity contribution in [2.24, 2.45) is 0 Å². The SMILES string of the molecule is Cc1oc2c(c1C(=O)N1CCOC[C@H](O)C1)C(=O)CCC2. The average Bonchev–Trinajstić information content (AvgIpc) is 2.63. The molecule has 0 spiro atoms. The van der Waals surface area contributed by atoms with Crippen LogP contribution >= 0.6 is 0 Å². The van der Waals surface area contributed by atoms with Crippen LogP contribution in [-0.4, -0.2) is 54.1 Å². The highest BCUT2D eigenvalue weighted by Crippen LogP contribution is 2.30. The molecule has 0 bridgehead atoms. The molecule has 1 amide bonds. The van der Waals surface area contributed by atoms with Gasteiger partial charge >= 0.3 is 0 Å². The maximum Gasteiger partial charge on any atom is 0.258 e. The van der Waals surface area contributed by atoms with Gasteiger partial charge in [0.15, 0.2) is 5.78 Å². The van der Waals surface area contributed by atoms with Crippen LogP contribution in [0.4, 0.5) is 0 Å². The van der Waals surface area contributed by atoms with Gasteiger partial charge in [0, 0.05) is 25.9 Å². The number of Topliss-reactive ketones (excluding diaryl/α,β-unsaturated/α-hetero) is 1. The second-order valence-electron chi connectivity index (χ2n) is 5.59. The summed E-state index contributed by atoms with van der Waals surface area (Å²) in [4.78, 5) is 26.4. The van der Waals surface area contributed by atoms with Crippen molar-refractivity contribution in [3.63, 3.8) is 0 Å². The van der Waals surface area contributed by atoms with Crippen LogP contribution in [0.2, 0.25) is 0 Å². The first-order valence-corrected chi connectivity index (χ1v) is 7.28. The first-order chi connectivity index (χ1) is 10.1. The molecule has 0 unspecified atom stereocenters. The summed E-state index contributed by atoms with van der Waals surface area (Å²) in [6, 6.07) is 0. The second-order valence-corrected chi connectivity index (χ2v) is 5.59. The van der Waals surface area contributed by atoms with E-state index in [1.807, 2.05) is 0 Å². The van der Waals surface area contributed by atoms with Crippen LogP contribution in [0.1, 0.15) is 45.1 Å². The van der Waals surface area contributed by atoms with Gasteiger partial charge < -0.3 is 19.2 Å². The number of aliphatic hydroxyl groups excluding tert-OH is 1. The predicted molar refractivity (Wildman–Crippen MR) is 73.4 cm³/mol. The van der Waals surface area contributed by atoms with Crippen LogP contribution in [0.3, 0.4) is 0 Å². The zero-order chi connectivity index (χ0) is 15.0. The zero-order valence-electron chi connectivity index (χ0n) is 12.1. The highest BCUT2D eigenvalue weighted by molar-refractivity contribution is 6.10. The maximum atomic E-state index is 12.7. The number of hydrogen-bond donors (Lipinski definition) is 1. The van der Waals surface area contributed by atoms with Crippen molar-refractivity contribution < 1.29 is 23.8 Å². The second kappa shape index (κ2) is 5.61. The molecule has 6 nitrogen and oxygen atoms in total. The van der Waals surface area contributed by atoms with E-state index < -0.39 is 6.10 Å². The molecule has 2 aliphatic rings. The Morgan fingerprint density at radius 2 is 2.19 bits per heavy atom. The first-order valence-electron chi connectivity index (χ1n) is 7.28. The number of β-amino-alcohol motifs (C(OH)–C–C–N with tert-alkyl or cyclic N) is 1. The van der Waals surface area contributed by atoms with E-state index in [0.717, 1.165) is 6.42 Å². The zero-order valence-corrected chi connectivity index (χ0v) is 12.1. The minimum atomic E-state index is -0.699. The fourth-order valence-corrected chi connectivity index (χ4v) is 3.00. The predicted octanol–water partition coefficient (Wildman–Crippen LogP) is 0.940. The van der Waals surface area contributed by atoms with Gasteiger partial charge in [0.25, 0.3) is 5.91 Å².